The molecule has 1 heterocycles. The van der Waals surface area contributed by atoms with Crippen molar-refractivity contribution in [3.8, 4) is 5.88 Å². The molecule has 0 bridgehead atoms. The Morgan fingerprint density at radius 3 is 2.87 bits per heavy atom. The number of hydrogen-bond acceptors (Lipinski definition) is 3. The van der Waals surface area contributed by atoms with Gasteiger partial charge >= 0.3 is 0 Å². The van der Waals surface area contributed by atoms with Crippen LogP contribution in [0.5, 0.6) is 5.88 Å². The third-order valence-corrected chi connectivity index (χ3v) is 2.82. The Bertz CT molecular complexity index is 306. The second-order valence-electron chi connectivity index (χ2n) is 3.59. The van der Waals surface area contributed by atoms with Crippen molar-refractivity contribution in [3.05, 3.63) is 23.9 Å². The molecule has 0 saturated carbocycles. The predicted molar refractivity (Wildman–Crippen MR) is 62.4 cm³/mol. The molecule has 15 heavy (non-hydrogen) atoms. The van der Waals surface area contributed by atoms with Crippen molar-refractivity contribution in [2.45, 2.75) is 19.5 Å². The van der Waals surface area contributed by atoms with E-state index in [2.05, 4.69) is 16.8 Å². The minimum atomic E-state index is 0.347. The molecule has 0 radical (unpaired) electrons. The Kier molecular flexibility index (Phi) is 4.85. The molecule has 1 aromatic heterocycles. The number of rotatable bonds is 5. The number of halogens is 1. The summed E-state index contributed by atoms with van der Waals surface area (Å²) in [6, 6.07) is 6.12. The van der Waals surface area contributed by atoms with E-state index in [0.29, 0.717) is 17.8 Å². The summed E-state index contributed by atoms with van der Waals surface area (Å²) in [5.74, 6) is 1.28. The fraction of sp³-hybridized carbons (Fsp3) is 0.545. The van der Waals surface area contributed by atoms with Gasteiger partial charge in [-0.2, -0.15) is 0 Å². The normalized spacial score (nSPS) is 12.9. The maximum Gasteiger partial charge on any atom is 0.213 e. The minimum absolute atomic E-state index is 0.347. The molecule has 1 atom stereocenters. The monoisotopic (exact) mass is 228 g/mol. The smallest absolute Gasteiger partial charge is 0.213 e. The molecule has 1 aromatic rings. The van der Waals surface area contributed by atoms with E-state index in [9.17, 15) is 0 Å². The van der Waals surface area contributed by atoms with Gasteiger partial charge in [-0.1, -0.05) is 6.07 Å². The average Bonchev–Trinajstić information content (AvgIpc) is 2.28. The van der Waals surface area contributed by atoms with Crippen molar-refractivity contribution in [1.29, 1.82) is 0 Å². The van der Waals surface area contributed by atoms with Crippen LogP contribution in [0.15, 0.2) is 18.2 Å². The minimum Gasteiger partial charge on any atom is -0.481 e. The Hall–Kier alpha value is -0.800. The van der Waals surface area contributed by atoms with Gasteiger partial charge in [0.25, 0.3) is 0 Å². The lowest BCUT2D eigenvalue weighted by Gasteiger charge is -2.22. The molecular weight excluding hydrogens is 212 g/mol. The molecule has 3 nitrogen and oxygen atoms in total. The quantitative estimate of drug-likeness (QED) is 0.723. The molecule has 0 amide bonds. The largest absolute Gasteiger partial charge is 0.481 e. The van der Waals surface area contributed by atoms with Gasteiger partial charge in [-0.25, -0.2) is 4.98 Å². The van der Waals surface area contributed by atoms with E-state index in [-0.39, 0.29) is 0 Å². The molecule has 0 aliphatic heterocycles. The van der Waals surface area contributed by atoms with E-state index in [1.807, 2.05) is 25.2 Å². The number of pyridine rings is 1. The van der Waals surface area contributed by atoms with Gasteiger partial charge in [0, 0.05) is 24.5 Å². The number of methoxy groups -OCH3 is 1. The molecule has 0 aromatic carbocycles. The highest BCUT2D eigenvalue weighted by atomic mass is 35.5. The third kappa shape index (κ3) is 3.68. The SMILES string of the molecule is COc1cccc(CN(C)C(C)CCl)n1. The van der Waals surface area contributed by atoms with Gasteiger partial charge in [0.15, 0.2) is 0 Å². The van der Waals surface area contributed by atoms with E-state index in [4.69, 9.17) is 16.3 Å². The van der Waals surface area contributed by atoms with Gasteiger partial charge in [0.2, 0.25) is 5.88 Å². The standard InChI is InChI=1S/C11H17ClN2O/c1-9(7-12)14(2)8-10-5-4-6-11(13-10)15-3/h4-6,9H,7-8H2,1-3H3. The second-order valence-corrected chi connectivity index (χ2v) is 3.90. The molecule has 84 valence electrons. The summed E-state index contributed by atoms with van der Waals surface area (Å²) in [6.07, 6.45) is 0. The van der Waals surface area contributed by atoms with Crippen molar-refractivity contribution in [2.24, 2.45) is 0 Å². The van der Waals surface area contributed by atoms with Crippen LogP contribution in [-0.2, 0) is 6.54 Å². The van der Waals surface area contributed by atoms with Gasteiger partial charge in [-0.3, -0.25) is 4.90 Å². The van der Waals surface area contributed by atoms with Gasteiger partial charge in [-0.15, -0.1) is 11.6 Å². The number of alkyl halides is 1. The zero-order valence-electron chi connectivity index (χ0n) is 9.40. The van der Waals surface area contributed by atoms with Crippen LogP contribution in [0.4, 0.5) is 0 Å². The first-order chi connectivity index (χ1) is 7.17. The number of hydrogen-bond donors (Lipinski definition) is 0. The molecule has 0 aliphatic rings. The summed E-state index contributed by atoms with van der Waals surface area (Å²) in [4.78, 5) is 6.50. The van der Waals surface area contributed by atoms with Crippen molar-refractivity contribution in [1.82, 2.24) is 9.88 Å². The van der Waals surface area contributed by atoms with Crippen molar-refractivity contribution < 1.29 is 4.74 Å². The summed E-state index contributed by atoms with van der Waals surface area (Å²) in [5, 5.41) is 0. The predicted octanol–water partition coefficient (Wildman–Crippen LogP) is 2.15. The maximum absolute atomic E-state index is 5.78. The van der Waals surface area contributed by atoms with Crippen LogP contribution < -0.4 is 4.74 Å². The highest BCUT2D eigenvalue weighted by molar-refractivity contribution is 6.18. The summed E-state index contributed by atoms with van der Waals surface area (Å²) in [6.45, 7) is 2.87. The maximum atomic E-state index is 5.78. The van der Waals surface area contributed by atoms with Crippen LogP contribution in [0.2, 0.25) is 0 Å². The molecule has 0 saturated heterocycles. The first-order valence-corrected chi connectivity index (χ1v) is 5.47. The molecule has 0 spiro atoms. The van der Waals surface area contributed by atoms with E-state index >= 15 is 0 Å². The Morgan fingerprint density at radius 1 is 1.53 bits per heavy atom. The van der Waals surface area contributed by atoms with Crippen molar-refractivity contribution >= 4 is 11.6 Å². The topological polar surface area (TPSA) is 25.4 Å². The zero-order chi connectivity index (χ0) is 11.3. The van der Waals surface area contributed by atoms with E-state index in [1.165, 1.54) is 0 Å². The summed E-state index contributed by atoms with van der Waals surface area (Å²) in [7, 11) is 3.66. The lowest BCUT2D eigenvalue weighted by Crippen LogP contribution is -2.30. The molecule has 4 heteroatoms. The third-order valence-electron chi connectivity index (χ3n) is 2.38. The highest BCUT2D eigenvalue weighted by Crippen LogP contribution is 2.10. The van der Waals surface area contributed by atoms with E-state index in [1.54, 1.807) is 7.11 Å². The molecule has 0 fully saturated rings. The van der Waals surface area contributed by atoms with Crippen LogP contribution in [0, 0.1) is 0 Å². The Balaban J connectivity index is 2.63. The average molecular weight is 229 g/mol. The van der Waals surface area contributed by atoms with E-state index < -0.39 is 0 Å². The van der Waals surface area contributed by atoms with Crippen LogP contribution >= 0.6 is 11.6 Å². The summed E-state index contributed by atoms with van der Waals surface area (Å²) >= 11 is 5.78. The molecule has 1 rings (SSSR count). The number of aromatic nitrogens is 1. The highest BCUT2D eigenvalue weighted by Gasteiger charge is 2.09. The van der Waals surface area contributed by atoms with Crippen LogP contribution in [0.1, 0.15) is 12.6 Å². The number of ether oxygens (including phenoxy) is 1. The Labute approximate surface area is 96.0 Å². The second kappa shape index (κ2) is 5.93. The van der Waals surface area contributed by atoms with Crippen LogP contribution in [0.3, 0.4) is 0 Å². The summed E-state index contributed by atoms with van der Waals surface area (Å²) in [5.41, 5.74) is 0.994. The van der Waals surface area contributed by atoms with Crippen molar-refractivity contribution in [3.63, 3.8) is 0 Å². The van der Waals surface area contributed by atoms with Gasteiger partial charge < -0.3 is 4.74 Å². The first kappa shape index (κ1) is 12.3. The molecular formula is C11H17ClN2O. The Morgan fingerprint density at radius 2 is 2.27 bits per heavy atom. The lowest BCUT2D eigenvalue weighted by molar-refractivity contribution is 0.264. The first-order valence-electron chi connectivity index (χ1n) is 4.93. The van der Waals surface area contributed by atoms with Crippen molar-refractivity contribution in [2.75, 3.05) is 20.0 Å². The number of nitrogens with zero attached hydrogens (tertiary/aromatic N) is 2. The van der Waals surface area contributed by atoms with Gasteiger partial charge in [0.1, 0.15) is 0 Å². The fourth-order valence-corrected chi connectivity index (χ4v) is 1.42. The van der Waals surface area contributed by atoms with Gasteiger partial charge in [-0.05, 0) is 20.0 Å². The van der Waals surface area contributed by atoms with Crippen LogP contribution in [0.25, 0.3) is 0 Å². The molecule has 0 N–H and O–H groups in total. The summed E-state index contributed by atoms with van der Waals surface area (Å²) < 4.78 is 5.07. The van der Waals surface area contributed by atoms with E-state index in [0.717, 1.165) is 12.2 Å². The molecule has 1 unspecified atom stereocenters. The fourth-order valence-electron chi connectivity index (χ4n) is 1.19. The van der Waals surface area contributed by atoms with Crippen LogP contribution in [-0.4, -0.2) is 36.0 Å². The lowest BCUT2D eigenvalue weighted by atomic mass is 10.3. The molecule has 0 aliphatic carbocycles. The van der Waals surface area contributed by atoms with Gasteiger partial charge in [0.05, 0.1) is 12.8 Å². The zero-order valence-corrected chi connectivity index (χ0v) is 10.2.